The zero-order valence-corrected chi connectivity index (χ0v) is 9.19. The van der Waals surface area contributed by atoms with Gasteiger partial charge in [0.2, 0.25) is 0 Å². The molecule has 0 fully saturated rings. The van der Waals surface area contributed by atoms with Crippen molar-refractivity contribution >= 4 is 11.6 Å². The number of nitrogens with one attached hydrogen (secondary N) is 1. The Hall–Kier alpha value is 0.210. The van der Waals surface area contributed by atoms with Gasteiger partial charge in [0.05, 0.1) is 6.10 Å². The van der Waals surface area contributed by atoms with Crippen LogP contribution in [0.1, 0.15) is 27.2 Å². The Morgan fingerprint density at radius 3 is 2.33 bits per heavy atom. The molecule has 0 aromatic heterocycles. The van der Waals surface area contributed by atoms with Gasteiger partial charge in [-0.1, -0.05) is 0 Å². The maximum atomic E-state index is 5.85. The molecule has 0 bridgehead atoms. The van der Waals surface area contributed by atoms with E-state index < -0.39 is 0 Å². The van der Waals surface area contributed by atoms with E-state index in [0.717, 1.165) is 13.0 Å². The Morgan fingerprint density at radius 1 is 1.33 bits per heavy atom. The number of hydrogen-bond donors (Lipinski definition) is 1. The van der Waals surface area contributed by atoms with Crippen molar-refractivity contribution in [2.24, 2.45) is 0 Å². The van der Waals surface area contributed by atoms with E-state index in [1.54, 1.807) is 7.11 Å². The molecule has 12 heavy (non-hydrogen) atoms. The standard InChI is InChI=1S/C9H20ClNO/c1-7(10)5-8(2)11-6-9(3)12-4/h7-9,11H,5-6H2,1-4H3. The predicted molar refractivity (Wildman–Crippen MR) is 53.9 cm³/mol. The molecule has 0 aliphatic carbocycles. The van der Waals surface area contributed by atoms with Gasteiger partial charge in [0, 0.05) is 25.1 Å². The lowest BCUT2D eigenvalue weighted by Gasteiger charge is -2.17. The van der Waals surface area contributed by atoms with E-state index in [4.69, 9.17) is 16.3 Å². The molecular weight excluding hydrogens is 174 g/mol. The molecule has 0 amide bonds. The van der Waals surface area contributed by atoms with Gasteiger partial charge in [-0.3, -0.25) is 0 Å². The summed E-state index contributed by atoms with van der Waals surface area (Å²) in [5.74, 6) is 0. The fourth-order valence-electron chi connectivity index (χ4n) is 1.02. The molecule has 3 heteroatoms. The van der Waals surface area contributed by atoms with Crippen molar-refractivity contribution in [3.05, 3.63) is 0 Å². The first-order valence-corrected chi connectivity index (χ1v) is 4.90. The van der Waals surface area contributed by atoms with Crippen LogP contribution in [-0.2, 0) is 4.74 Å². The number of rotatable bonds is 6. The van der Waals surface area contributed by atoms with E-state index in [9.17, 15) is 0 Å². The quantitative estimate of drug-likeness (QED) is 0.652. The van der Waals surface area contributed by atoms with Crippen LogP contribution in [0.25, 0.3) is 0 Å². The zero-order chi connectivity index (χ0) is 9.56. The van der Waals surface area contributed by atoms with Crippen molar-refractivity contribution in [3.8, 4) is 0 Å². The Bertz CT molecular complexity index is 109. The average molecular weight is 194 g/mol. The van der Waals surface area contributed by atoms with Crippen molar-refractivity contribution in [3.63, 3.8) is 0 Å². The summed E-state index contributed by atoms with van der Waals surface area (Å²) in [5, 5.41) is 3.60. The van der Waals surface area contributed by atoms with Gasteiger partial charge in [0.15, 0.2) is 0 Å². The summed E-state index contributed by atoms with van der Waals surface area (Å²) in [6.07, 6.45) is 1.27. The molecule has 2 nitrogen and oxygen atoms in total. The normalized spacial score (nSPS) is 18.8. The van der Waals surface area contributed by atoms with Gasteiger partial charge in [-0.15, -0.1) is 11.6 Å². The summed E-state index contributed by atoms with van der Waals surface area (Å²) < 4.78 is 5.11. The molecule has 3 atom stereocenters. The molecule has 0 radical (unpaired) electrons. The van der Waals surface area contributed by atoms with Gasteiger partial charge in [0.1, 0.15) is 0 Å². The van der Waals surface area contributed by atoms with E-state index in [1.165, 1.54) is 0 Å². The maximum Gasteiger partial charge on any atom is 0.0667 e. The van der Waals surface area contributed by atoms with Crippen molar-refractivity contribution in [2.45, 2.75) is 44.7 Å². The molecule has 0 heterocycles. The largest absolute Gasteiger partial charge is 0.380 e. The molecule has 3 unspecified atom stereocenters. The molecule has 0 rings (SSSR count). The van der Waals surface area contributed by atoms with Crippen LogP contribution in [0.4, 0.5) is 0 Å². The van der Waals surface area contributed by atoms with Crippen molar-refractivity contribution < 1.29 is 4.74 Å². The highest BCUT2D eigenvalue weighted by molar-refractivity contribution is 6.20. The third-order valence-corrected chi connectivity index (χ3v) is 2.01. The zero-order valence-electron chi connectivity index (χ0n) is 8.43. The summed E-state index contributed by atoms with van der Waals surface area (Å²) in [5.41, 5.74) is 0. The van der Waals surface area contributed by atoms with Crippen LogP contribution in [0.2, 0.25) is 0 Å². The van der Waals surface area contributed by atoms with Crippen LogP contribution >= 0.6 is 11.6 Å². The molecule has 0 saturated carbocycles. The van der Waals surface area contributed by atoms with E-state index in [1.807, 2.05) is 13.8 Å². The molecule has 0 spiro atoms. The van der Waals surface area contributed by atoms with Crippen molar-refractivity contribution in [1.82, 2.24) is 5.32 Å². The summed E-state index contributed by atoms with van der Waals surface area (Å²) in [7, 11) is 1.72. The third-order valence-electron chi connectivity index (χ3n) is 1.83. The molecule has 0 aliphatic rings. The van der Waals surface area contributed by atoms with E-state index in [0.29, 0.717) is 6.04 Å². The number of ether oxygens (including phenoxy) is 1. The second-order valence-electron chi connectivity index (χ2n) is 3.37. The summed E-state index contributed by atoms with van der Waals surface area (Å²) in [6, 6.07) is 0.468. The minimum atomic E-state index is 0.241. The lowest BCUT2D eigenvalue weighted by Crippen LogP contribution is -2.34. The van der Waals surface area contributed by atoms with Gasteiger partial charge < -0.3 is 10.1 Å². The molecule has 74 valence electrons. The maximum absolute atomic E-state index is 5.85. The number of halogens is 1. The Kier molecular flexibility index (Phi) is 6.81. The summed E-state index contributed by atoms with van der Waals surface area (Å²) >= 11 is 5.85. The topological polar surface area (TPSA) is 21.3 Å². The highest BCUT2D eigenvalue weighted by atomic mass is 35.5. The molecule has 0 saturated heterocycles. The van der Waals surface area contributed by atoms with Crippen LogP contribution in [0, 0.1) is 0 Å². The van der Waals surface area contributed by atoms with E-state index >= 15 is 0 Å². The van der Waals surface area contributed by atoms with Crippen molar-refractivity contribution in [1.29, 1.82) is 0 Å². The van der Waals surface area contributed by atoms with Gasteiger partial charge in [-0.05, 0) is 27.2 Å². The minimum absolute atomic E-state index is 0.241. The van der Waals surface area contributed by atoms with Crippen LogP contribution < -0.4 is 5.32 Å². The SMILES string of the molecule is COC(C)CNC(C)CC(C)Cl. The first kappa shape index (κ1) is 12.2. The van der Waals surface area contributed by atoms with Gasteiger partial charge >= 0.3 is 0 Å². The lowest BCUT2D eigenvalue weighted by molar-refractivity contribution is 0.114. The highest BCUT2D eigenvalue weighted by Gasteiger charge is 2.06. The van der Waals surface area contributed by atoms with Gasteiger partial charge in [-0.25, -0.2) is 0 Å². The fourth-order valence-corrected chi connectivity index (χ4v) is 1.29. The second-order valence-corrected chi connectivity index (χ2v) is 4.12. The van der Waals surface area contributed by atoms with E-state index in [2.05, 4.69) is 12.2 Å². The van der Waals surface area contributed by atoms with Crippen LogP contribution in [0.3, 0.4) is 0 Å². The van der Waals surface area contributed by atoms with E-state index in [-0.39, 0.29) is 11.5 Å². The second kappa shape index (κ2) is 6.70. The Morgan fingerprint density at radius 2 is 1.92 bits per heavy atom. The van der Waals surface area contributed by atoms with Crippen LogP contribution in [-0.4, -0.2) is 31.2 Å². The monoisotopic (exact) mass is 193 g/mol. The fraction of sp³-hybridized carbons (Fsp3) is 1.00. The third kappa shape index (κ3) is 6.89. The molecule has 0 aromatic rings. The minimum Gasteiger partial charge on any atom is -0.380 e. The summed E-state index contributed by atoms with van der Waals surface area (Å²) in [4.78, 5) is 0. The Labute approximate surface area is 80.6 Å². The molecule has 0 aromatic carbocycles. The first-order chi connectivity index (χ1) is 5.56. The summed E-state index contributed by atoms with van der Waals surface area (Å²) in [6.45, 7) is 7.09. The first-order valence-electron chi connectivity index (χ1n) is 4.46. The smallest absolute Gasteiger partial charge is 0.0667 e. The Balaban J connectivity index is 3.36. The highest BCUT2D eigenvalue weighted by Crippen LogP contribution is 2.03. The lowest BCUT2D eigenvalue weighted by atomic mass is 10.2. The van der Waals surface area contributed by atoms with Crippen LogP contribution in [0.5, 0.6) is 0 Å². The number of hydrogen-bond acceptors (Lipinski definition) is 2. The predicted octanol–water partition coefficient (Wildman–Crippen LogP) is 2.02. The van der Waals surface area contributed by atoms with Gasteiger partial charge in [0.25, 0.3) is 0 Å². The number of methoxy groups -OCH3 is 1. The molecule has 0 aliphatic heterocycles. The van der Waals surface area contributed by atoms with Crippen LogP contribution in [0.15, 0.2) is 0 Å². The molecule has 1 N–H and O–H groups in total. The van der Waals surface area contributed by atoms with Gasteiger partial charge in [-0.2, -0.15) is 0 Å². The van der Waals surface area contributed by atoms with Crippen molar-refractivity contribution in [2.75, 3.05) is 13.7 Å². The number of alkyl halides is 1. The molecular formula is C9H20ClNO. The average Bonchev–Trinajstić information content (AvgIpc) is 1.99.